The second-order valence-electron chi connectivity index (χ2n) is 18.9. The van der Waals surface area contributed by atoms with Gasteiger partial charge in [0.25, 0.3) is 0 Å². The Labute approximate surface area is 378 Å². The summed E-state index contributed by atoms with van der Waals surface area (Å²) < 4.78 is 32.6. The van der Waals surface area contributed by atoms with E-state index in [2.05, 4.69) is 151 Å². The first-order valence-corrected chi connectivity index (χ1v) is 28.3. The van der Waals surface area contributed by atoms with Crippen LogP contribution in [-0.4, -0.2) is 32.8 Å². The minimum absolute atomic E-state index is 0. The van der Waals surface area contributed by atoms with E-state index in [0.29, 0.717) is 23.3 Å². The average Bonchev–Trinajstić information content (AvgIpc) is 3.78. The molecule has 8 aromatic rings. The van der Waals surface area contributed by atoms with Crippen molar-refractivity contribution in [2.45, 2.75) is 117 Å². The zero-order valence-corrected chi connectivity index (χ0v) is 41.9. The van der Waals surface area contributed by atoms with Gasteiger partial charge < -0.3 is 8.98 Å². The summed E-state index contributed by atoms with van der Waals surface area (Å²) in [5.41, 5.74) is 13.9. The Balaban J connectivity index is 0.000000236. The van der Waals surface area contributed by atoms with E-state index < -0.39 is 20.1 Å². The third kappa shape index (κ3) is 8.98. The van der Waals surface area contributed by atoms with Crippen LogP contribution >= 0.6 is 0 Å². The van der Waals surface area contributed by atoms with Crippen LogP contribution in [0.5, 0.6) is 0 Å². The van der Waals surface area contributed by atoms with Crippen molar-refractivity contribution in [2.75, 3.05) is 0 Å². The Morgan fingerprint density at radius 3 is 2.05 bits per heavy atom. The molecular weight excluding hydrogens is 973 g/mol. The average molecular weight is 1040 g/mol. The summed E-state index contributed by atoms with van der Waals surface area (Å²) in [4.78, 5) is 14.7. The van der Waals surface area contributed by atoms with Gasteiger partial charge in [-0.2, -0.15) is 0 Å². The normalized spacial score (nSPS) is 13.1. The molecular formula is C53H60GeIrN4O-2. The summed E-state index contributed by atoms with van der Waals surface area (Å²) in [5, 5.41) is 2.17. The van der Waals surface area contributed by atoms with E-state index in [9.17, 15) is 0 Å². The van der Waals surface area contributed by atoms with Crippen LogP contribution in [0, 0.1) is 25.9 Å². The monoisotopic (exact) mass is 1040 g/mol. The van der Waals surface area contributed by atoms with Crippen LogP contribution in [-0.2, 0) is 25.5 Å². The summed E-state index contributed by atoms with van der Waals surface area (Å²) >= 11 is -1.97. The largest absolute Gasteiger partial charge is 0 e. The van der Waals surface area contributed by atoms with E-state index in [1.165, 1.54) is 32.3 Å². The first-order valence-electron chi connectivity index (χ1n) is 22.4. The number of hydrogen-bond acceptors (Lipinski definition) is 4. The number of para-hydroxylation sites is 1. The first kappa shape index (κ1) is 41.0. The molecule has 0 aliphatic heterocycles. The molecule has 5 nitrogen and oxygen atoms in total. The molecule has 0 fully saturated rings. The predicted molar refractivity (Wildman–Crippen MR) is 252 cm³/mol. The molecule has 4 aromatic heterocycles. The number of fused-ring (bicyclic) bond motifs is 4. The van der Waals surface area contributed by atoms with E-state index in [0.717, 1.165) is 61.3 Å². The molecule has 0 aliphatic carbocycles. The Kier molecular flexibility index (Phi) is 12.0. The number of imidazole rings is 1. The second-order valence-corrected chi connectivity index (χ2v) is 29.5. The Morgan fingerprint density at radius 2 is 1.45 bits per heavy atom. The van der Waals surface area contributed by atoms with Gasteiger partial charge in [0, 0.05) is 42.3 Å². The number of hydrogen-bond donors (Lipinski definition) is 0. The van der Waals surface area contributed by atoms with Crippen molar-refractivity contribution in [3.63, 3.8) is 0 Å². The van der Waals surface area contributed by atoms with Gasteiger partial charge in [-0.25, -0.2) is 0 Å². The topological polar surface area (TPSA) is 56.7 Å². The minimum Gasteiger partial charge on any atom is 0 e. The summed E-state index contributed by atoms with van der Waals surface area (Å²) in [5.74, 6) is 9.06. The molecule has 60 heavy (non-hydrogen) atoms. The van der Waals surface area contributed by atoms with Crippen LogP contribution in [0.15, 0.2) is 95.7 Å². The number of furan rings is 1. The van der Waals surface area contributed by atoms with Crippen LogP contribution in [0.1, 0.15) is 118 Å². The van der Waals surface area contributed by atoms with Crippen molar-refractivity contribution in [3.05, 3.63) is 137 Å². The maximum Gasteiger partial charge on any atom is 0 e. The molecule has 313 valence electrons. The van der Waals surface area contributed by atoms with Crippen LogP contribution in [0.3, 0.4) is 0 Å². The molecule has 0 atom stereocenters. The fraction of sp³-hybridized carbons (Fsp3) is 0.340. The number of pyridine rings is 2. The van der Waals surface area contributed by atoms with Crippen molar-refractivity contribution < 1.29 is 28.6 Å². The van der Waals surface area contributed by atoms with Crippen LogP contribution < -0.4 is 4.40 Å². The minimum atomic E-state index is -2.09. The molecule has 0 saturated heterocycles. The quantitative estimate of drug-likeness (QED) is 0.118. The number of nitrogens with zero attached hydrogens (tertiary/aromatic N) is 4. The van der Waals surface area contributed by atoms with E-state index in [-0.39, 0.29) is 25.5 Å². The van der Waals surface area contributed by atoms with Crippen molar-refractivity contribution >= 4 is 50.6 Å². The fourth-order valence-corrected chi connectivity index (χ4v) is 11.4. The van der Waals surface area contributed by atoms with Gasteiger partial charge in [-0.3, -0.25) is 9.97 Å². The number of benzene rings is 4. The van der Waals surface area contributed by atoms with Gasteiger partial charge in [0.15, 0.2) is 0 Å². The molecule has 0 amide bonds. The zero-order chi connectivity index (χ0) is 45.1. The van der Waals surface area contributed by atoms with Gasteiger partial charge in [-0.1, -0.05) is 95.3 Å². The molecule has 0 bridgehead atoms. The third-order valence-electron chi connectivity index (χ3n) is 11.1. The Bertz CT molecular complexity index is 2880. The molecule has 0 unspecified atom stereocenters. The molecule has 0 saturated carbocycles. The van der Waals surface area contributed by atoms with Gasteiger partial charge in [0.05, 0.1) is 28.6 Å². The summed E-state index contributed by atoms with van der Waals surface area (Å²) in [7, 11) is 0. The Morgan fingerprint density at radius 1 is 0.767 bits per heavy atom. The van der Waals surface area contributed by atoms with Gasteiger partial charge >= 0.3 is 130 Å². The molecule has 0 spiro atoms. The maximum atomic E-state index is 7.44. The standard InChI is InChI=1S/C35H36N3O.C18H24GeN.Ir/c1-20(2)26-16-22(5)17-27(21(3)4)32(26)38-29-18-31(35(6,7)8)36-19-28(29)37-34(38)25-14-11-13-24-23-12-9-10-15-30(23)39-33(24)25;1-13(2)16-11-18(15-9-7-14(3)8-10-15)20-12-17(16)19(4,5)6;/h9-13,15-21H,1-8H3;7-9,11-13H,1-6H3;/q2*-1;/i;3D3;. The number of rotatable bonds is 7. The SMILES string of the molecule is Cc1cc(C(C)C)c(-n2c(-c3[c-]ccc4c3oc3ccccc34)nc3cnc(C(C)(C)C)cc32)c(C(C)C)c1.[2H]C([2H])([2H])c1c[c-]c(-c2cc(C(C)C)[c]([Ge]([CH3])([CH3])[CH3])cn2)cc1.[Ir]. The third-order valence-corrected chi connectivity index (χ3v) is 15.4. The van der Waals surface area contributed by atoms with Crippen LogP contribution in [0.25, 0.3) is 61.3 Å². The summed E-state index contributed by atoms with van der Waals surface area (Å²) in [6, 6.07) is 32.9. The Hall–Kier alpha value is -4.36. The van der Waals surface area contributed by atoms with E-state index in [1.54, 1.807) is 18.2 Å². The van der Waals surface area contributed by atoms with Gasteiger partial charge in [0.1, 0.15) is 5.58 Å². The number of aromatic nitrogens is 4. The van der Waals surface area contributed by atoms with E-state index >= 15 is 0 Å². The summed E-state index contributed by atoms with van der Waals surface area (Å²) in [6.45, 7) is 20.2. The van der Waals surface area contributed by atoms with Crippen molar-refractivity contribution in [3.8, 4) is 28.3 Å². The molecule has 7 heteroatoms. The molecule has 4 aromatic carbocycles. The zero-order valence-electron chi connectivity index (χ0n) is 40.4. The molecule has 8 rings (SSSR count). The predicted octanol–water partition coefficient (Wildman–Crippen LogP) is 14.2. The van der Waals surface area contributed by atoms with E-state index in [4.69, 9.17) is 18.5 Å². The molecule has 1 radical (unpaired) electrons. The van der Waals surface area contributed by atoms with Gasteiger partial charge in [0.2, 0.25) is 0 Å². The smallest absolute Gasteiger partial charge is 0 e. The van der Waals surface area contributed by atoms with E-state index in [1.807, 2.05) is 30.6 Å². The van der Waals surface area contributed by atoms with Gasteiger partial charge in [-0.05, 0) is 42.0 Å². The second kappa shape index (κ2) is 17.6. The number of aryl methyl sites for hydroxylation is 2. The molecule has 0 aliphatic rings. The maximum absolute atomic E-state index is 7.44. The van der Waals surface area contributed by atoms with Crippen molar-refractivity contribution in [1.82, 2.24) is 19.5 Å². The molecule has 4 heterocycles. The fourth-order valence-electron chi connectivity index (χ4n) is 7.92. The molecule has 0 N–H and O–H groups in total. The first-order chi connectivity index (χ1) is 29.0. The van der Waals surface area contributed by atoms with Crippen molar-refractivity contribution in [2.24, 2.45) is 0 Å². The summed E-state index contributed by atoms with van der Waals surface area (Å²) in [6.07, 6.45) is 3.95. The van der Waals surface area contributed by atoms with Crippen LogP contribution in [0.4, 0.5) is 0 Å². The van der Waals surface area contributed by atoms with Crippen LogP contribution in [0.2, 0.25) is 17.3 Å². The van der Waals surface area contributed by atoms with Gasteiger partial charge in [-0.15, -0.1) is 18.2 Å². The van der Waals surface area contributed by atoms with Crippen molar-refractivity contribution in [1.29, 1.82) is 0 Å².